The number of benzene rings is 1. The van der Waals surface area contributed by atoms with E-state index in [4.69, 9.17) is 5.11 Å². The van der Waals surface area contributed by atoms with Gasteiger partial charge in [0.15, 0.2) is 0 Å². The zero-order chi connectivity index (χ0) is 11.5. The fraction of sp³-hybridized carbons (Fsp3) is 0.231. The second kappa shape index (κ2) is 4.31. The van der Waals surface area contributed by atoms with Gasteiger partial charge in [-0.2, -0.15) is 0 Å². The number of nitrogens with zero attached hydrogens (tertiary/aromatic N) is 1. The minimum Gasteiger partial charge on any atom is -0.481 e. The fourth-order valence-corrected chi connectivity index (χ4v) is 1.62. The summed E-state index contributed by atoms with van der Waals surface area (Å²) < 4.78 is 0. The highest BCUT2D eigenvalue weighted by Gasteiger charge is 2.12. The summed E-state index contributed by atoms with van der Waals surface area (Å²) in [6.07, 6.45) is 0.472. The molecule has 0 aliphatic carbocycles. The van der Waals surface area contributed by atoms with E-state index in [9.17, 15) is 4.79 Å². The van der Waals surface area contributed by atoms with Crippen LogP contribution >= 0.6 is 0 Å². The molecule has 1 aromatic heterocycles. The van der Waals surface area contributed by atoms with Crippen LogP contribution in [0, 0.1) is 5.92 Å². The van der Waals surface area contributed by atoms with E-state index < -0.39 is 11.9 Å². The Kier molecular flexibility index (Phi) is 2.86. The zero-order valence-electron chi connectivity index (χ0n) is 9.05. The number of hydrogen-bond donors (Lipinski definition) is 1. The van der Waals surface area contributed by atoms with Gasteiger partial charge in [0.1, 0.15) is 0 Å². The van der Waals surface area contributed by atoms with Crippen LogP contribution in [0.5, 0.6) is 0 Å². The topological polar surface area (TPSA) is 50.2 Å². The van der Waals surface area contributed by atoms with E-state index in [1.807, 2.05) is 36.4 Å². The first-order valence-corrected chi connectivity index (χ1v) is 5.24. The first-order chi connectivity index (χ1) is 7.66. The average molecular weight is 215 g/mol. The van der Waals surface area contributed by atoms with Crippen molar-refractivity contribution in [1.29, 1.82) is 0 Å². The number of hydrogen-bond acceptors (Lipinski definition) is 2. The van der Waals surface area contributed by atoms with Crippen molar-refractivity contribution >= 4 is 16.9 Å². The van der Waals surface area contributed by atoms with E-state index in [2.05, 4.69) is 4.98 Å². The molecule has 0 unspecified atom stereocenters. The molecule has 1 aromatic carbocycles. The molecule has 3 heteroatoms. The normalized spacial score (nSPS) is 12.6. The van der Waals surface area contributed by atoms with Gasteiger partial charge in [-0.05, 0) is 12.1 Å². The first-order valence-electron chi connectivity index (χ1n) is 5.24. The van der Waals surface area contributed by atoms with Crippen molar-refractivity contribution in [2.24, 2.45) is 5.92 Å². The van der Waals surface area contributed by atoms with Crippen LogP contribution in [0.25, 0.3) is 10.9 Å². The number of para-hydroxylation sites is 1. The Hall–Kier alpha value is -1.90. The highest BCUT2D eigenvalue weighted by atomic mass is 16.4. The summed E-state index contributed by atoms with van der Waals surface area (Å²) in [6.45, 7) is 1.69. The molecule has 1 N–H and O–H groups in total. The SMILES string of the molecule is C[C@H](Cc1ccc2ccccc2n1)C(=O)O. The van der Waals surface area contributed by atoms with E-state index in [-0.39, 0.29) is 0 Å². The molecule has 0 aliphatic heterocycles. The van der Waals surface area contributed by atoms with Crippen molar-refractivity contribution in [1.82, 2.24) is 4.98 Å². The van der Waals surface area contributed by atoms with Crippen LogP contribution in [0.15, 0.2) is 36.4 Å². The largest absolute Gasteiger partial charge is 0.481 e. The highest BCUT2D eigenvalue weighted by molar-refractivity contribution is 5.78. The van der Waals surface area contributed by atoms with Crippen molar-refractivity contribution in [2.45, 2.75) is 13.3 Å². The number of fused-ring (bicyclic) bond motifs is 1. The highest BCUT2D eigenvalue weighted by Crippen LogP contribution is 2.14. The maximum atomic E-state index is 10.7. The van der Waals surface area contributed by atoms with E-state index in [1.54, 1.807) is 6.92 Å². The maximum absolute atomic E-state index is 10.7. The smallest absolute Gasteiger partial charge is 0.306 e. The number of carboxylic acid groups (broad SMARTS) is 1. The van der Waals surface area contributed by atoms with Crippen LogP contribution in [0.3, 0.4) is 0 Å². The Bertz CT molecular complexity index is 522. The first kappa shape index (κ1) is 10.6. The van der Waals surface area contributed by atoms with Gasteiger partial charge in [-0.25, -0.2) is 0 Å². The van der Waals surface area contributed by atoms with Crippen molar-refractivity contribution in [2.75, 3.05) is 0 Å². The van der Waals surface area contributed by atoms with Crippen LogP contribution in [-0.4, -0.2) is 16.1 Å². The lowest BCUT2D eigenvalue weighted by molar-refractivity contribution is -0.141. The van der Waals surface area contributed by atoms with Gasteiger partial charge in [0.25, 0.3) is 0 Å². The number of carbonyl (C=O) groups is 1. The summed E-state index contributed by atoms with van der Waals surface area (Å²) in [5.74, 6) is -1.18. The third kappa shape index (κ3) is 2.19. The molecule has 0 radical (unpaired) electrons. The molecule has 16 heavy (non-hydrogen) atoms. The van der Waals surface area contributed by atoms with E-state index in [0.29, 0.717) is 6.42 Å². The Morgan fingerprint density at radius 3 is 2.81 bits per heavy atom. The van der Waals surface area contributed by atoms with Gasteiger partial charge >= 0.3 is 5.97 Å². The summed E-state index contributed by atoms with van der Waals surface area (Å²) in [6, 6.07) is 11.7. The van der Waals surface area contributed by atoms with Crippen LogP contribution in [-0.2, 0) is 11.2 Å². The second-order valence-corrected chi connectivity index (χ2v) is 3.94. The lowest BCUT2D eigenvalue weighted by Crippen LogP contribution is -2.12. The Morgan fingerprint density at radius 1 is 1.31 bits per heavy atom. The number of aliphatic carboxylic acids is 1. The quantitative estimate of drug-likeness (QED) is 0.855. The molecule has 0 saturated carbocycles. The van der Waals surface area contributed by atoms with Crippen LogP contribution < -0.4 is 0 Å². The molecule has 3 nitrogen and oxygen atoms in total. The third-order valence-electron chi connectivity index (χ3n) is 2.59. The Morgan fingerprint density at radius 2 is 2.06 bits per heavy atom. The zero-order valence-corrected chi connectivity index (χ0v) is 9.05. The van der Waals surface area contributed by atoms with Gasteiger partial charge in [0.05, 0.1) is 11.4 Å². The molecule has 1 heterocycles. The van der Waals surface area contributed by atoms with Gasteiger partial charge in [0.2, 0.25) is 0 Å². The Labute approximate surface area is 93.7 Å². The Balaban J connectivity index is 2.29. The molecule has 0 fully saturated rings. The molecule has 0 aliphatic rings. The number of rotatable bonds is 3. The van der Waals surface area contributed by atoms with E-state index >= 15 is 0 Å². The van der Waals surface area contributed by atoms with Gasteiger partial charge in [-0.3, -0.25) is 9.78 Å². The molecule has 0 amide bonds. The number of carboxylic acids is 1. The van der Waals surface area contributed by atoms with Gasteiger partial charge in [-0.15, -0.1) is 0 Å². The number of aromatic nitrogens is 1. The third-order valence-corrected chi connectivity index (χ3v) is 2.59. The van der Waals surface area contributed by atoms with Crippen molar-refractivity contribution in [3.05, 3.63) is 42.1 Å². The molecule has 2 rings (SSSR count). The molecule has 0 bridgehead atoms. The fourth-order valence-electron chi connectivity index (χ4n) is 1.62. The summed E-state index contributed by atoms with van der Waals surface area (Å²) in [5.41, 5.74) is 1.74. The lowest BCUT2D eigenvalue weighted by Gasteiger charge is -2.06. The molecule has 0 saturated heterocycles. The minimum absolute atomic E-state index is 0.395. The summed E-state index contributed by atoms with van der Waals surface area (Å²) in [7, 11) is 0. The van der Waals surface area contributed by atoms with Gasteiger partial charge < -0.3 is 5.11 Å². The van der Waals surface area contributed by atoms with Crippen LogP contribution in [0.4, 0.5) is 0 Å². The molecule has 2 aromatic rings. The standard InChI is InChI=1S/C13H13NO2/c1-9(13(15)16)8-11-7-6-10-4-2-3-5-12(10)14-11/h2-7,9H,8H2,1H3,(H,15,16)/t9-/m1/s1. The van der Waals surface area contributed by atoms with E-state index in [0.717, 1.165) is 16.6 Å². The van der Waals surface area contributed by atoms with Crippen LogP contribution in [0.1, 0.15) is 12.6 Å². The van der Waals surface area contributed by atoms with Gasteiger partial charge in [-0.1, -0.05) is 31.2 Å². The predicted octanol–water partition coefficient (Wildman–Crippen LogP) is 2.50. The van der Waals surface area contributed by atoms with Crippen molar-refractivity contribution in [3.8, 4) is 0 Å². The van der Waals surface area contributed by atoms with E-state index in [1.165, 1.54) is 0 Å². The van der Waals surface area contributed by atoms with Crippen LogP contribution in [0.2, 0.25) is 0 Å². The number of pyridine rings is 1. The molecule has 0 spiro atoms. The van der Waals surface area contributed by atoms with Crippen molar-refractivity contribution in [3.63, 3.8) is 0 Å². The van der Waals surface area contributed by atoms with Crippen molar-refractivity contribution < 1.29 is 9.90 Å². The van der Waals surface area contributed by atoms with Gasteiger partial charge in [0, 0.05) is 17.5 Å². The average Bonchev–Trinajstić information content (AvgIpc) is 2.28. The molecular formula is C13H13NO2. The summed E-state index contributed by atoms with van der Waals surface area (Å²) in [5, 5.41) is 9.91. The second-order valence-electron chi connectivity index (χ2n) is 3.94. The molecule has 82 valence electrons. The summed E-state index contributed by atoms with van der Waals surface area (Å²) in [4.78, 5) is 15.2. The minimum atomic E-state index is -0.782. The monoisotopic (exact) mass is 215 g/mol. The summed E-state index contributed by atoms with van der Waals surface area (Å²) >= 11 is 0. The molecule has 1 atom stereocenters. The maximum Gasteiger partial charge on any atom is 0.306 e. The predicted molar refractivity (Wildman–Crippen MR) is 62.2 cm³/mol. The molecular weight excluding hydrogens is 202 g/mol. The lowest BCUT2D eigenvalue weighted by atomic mass is 10.0.